The quantitative estimate of drug-likeness (QED) is 0.708. The van der Waals surface area contributed by atoms with Crippen molar-refractivity contribution in [3.63, 3.8) is 0 Å². The number of hydrogen-bond donors (Lipinski definition) is 1. The molecule has 1 unspecified atom stereocenters. The molecule has 0 bridgehead atoms. The molecule has 0 heterocycles. The molecule has 20 heavy (non-hydrogen) atoms. The molecule has 1 rings (SSSR count). The van der Waals surface area contributed by atoms with E-state index in [1.165, 1.54) is 11.3 Å². The number of benzene rings is 1. The molecule has 0 spiro atoms. The van der Waals surface area contributed by atoms with Gasteiger partial charge in [0, 0.05) is 24.1 Å². The third-order valence-electron chi connectivity index (χ3n) is 2.97. The maximum absolute atomic E-state index is 5.68. The number of rotatable bonds is 9. The van der Waals surface area contributed by atoms with Crippen LogP contribution < -0.4 is 10.1 Å². The molecule has 0 aliphatic rings. The summed E-state index contributed by atoms with van der Waals surface area (Å²) in [6, 6.07) is 8.83. The fraction of sp³-hybridized carbons (Fsp3) is 0.625. The van der Waals surface area contributed by atoms with Crippen molar-refractivity contribution in [1.82, 2.24) is 10.2 Å². The van der Waals surface area contributed by atoms with E-state index < -0.39 is 0 Å². The topological polar surface area (TPSA) is 24.5 Å². The molecule has 1 atom stereocenters. The van der Waals surface area contributed by atoms with Crippen LogP contribution in [0.2, 0.25) is 0 Å². The molecule has 114 valence electrons. The van der Waals surface area contributed by atoms with E-state index in [2.05, 4.69) is 48.6 Å². The summed E-state index contributed by atoms with van der Waals surface area (Å²) < 4.78 is 5.68. The van der Waals surface area contributed by atoms with Gasteiger partial charge in [-0.15, -0.1) is 0 Å². The zero-order valence-electron chi connectivity index (χ0n) is 13.3. The number of ether oxygens (including phenoxy) is 1. The summed E-state index contributed by atoms with van der Waals surface area (Å²) in [5, 5.41) is 3.39. The molecule has 0 aromatic heterocycles. The van der Waals surface area contributed by atoms with E-state index in [0.29, 0.717) is 6.04 Å². The minimum absolute atomic E-state index is 0.225. The summed E-state index contributed by atoms with van der Waals surface area (Å²) in [4.78, 5) is 2.22. The average Bonchev–Trinajstić information content (AvgIpc) is 2.39. The van der Waals surface area contributed by atoms with E-state index in [1.54, 1.807) is 0 Å². The molecule has 1 aromatic rings. The van der Waals surface area contributed by atoms with Crippen molar-refractivity contribution in [2.45, 2.75) is 26.0 Å². The van der Waals surface area contributed by atoms with E-state index in [0.717, 1.165) is 18.0 Å². The Morgan fingerprint density at radius 1 is 1.20 bits per heavy atom. The molecule has 3 nitrogen and oxygen atoms in total. The zero-order chi connectivity index (χ0) is 15.0. The summed E-state index contributed by atoms with van der Waals surface area (Å²) >= 11 is 1.99. The summed E-state index contributed by atoms with van der Waals surface area (Å²) in [6.45, 7) is 5.22. The van der Waals surface area contributed by atoms with Gasteiger partial charge in [0.15, 0.2) is 0 Å². The number of nitrogens with zero attached hydrogens (tertiary/aromatic N) is 1. The van der Waals surface area contributed by atoms with Crippen molar-refractivity contribution in [2.24, 2.45) is 0 Å². The molecule has 4 heteroatoms. The van der Waals surface area contributed by atoms with E-state index in [4.69, 9.17) is 4.74 Å². The Hall–Kier alpha value is -0.710. The van der Waals surface area contributed by atoms with Crippen LogP contribution in [0.1, 0.15) is 25.5 Å². The maximum atomic E-state index is 5.68. The maximum Gasteiger partial charge on any atom is 0.119 e. The van der Waals surface area contributed by atoms with E-state index in [-0.39, 0.29) is 6.10 Å². The Labute approximate surface area is 128 Å². The Morgan fingerprint density at radius 2 is 1.85 bits per heavy atom. The lowest BCUT2D eigenvalue weighted by molar-refractivity contribution is 0.242. The summed E-state index contributed by atoms with van der Waals surface area (Å²) in [5.74, 6) is 3.20. The van der Waals surface area contributed by atoms with Gasteiger partial charge in [0.2, 0.25) is 0 Å². The fourth-order valence-corrected chi connectivity index (χ4v) is 3.10. The SMILES string of the molecule is CNC(CSCCN(C)C)c1ccc(OC(C)C)cc1. The molecule has 0 amide bonds. The Morgan fingerprint density at radius 3 is 2.35 bits per heavy atom. The predicted molar refractivity (Wildman–Crippen MR) is 89.9 cm³/mol. The first-order valence-electron chi connectivity index (χ1n) is 7.19. The first-order chi connectivity index (χ1) is 9.52. The van der Waals surface area contributed by atoms with Crippen LogP contribution in [0.3, 0.4) is 0 Å². The third kappa shape index (κ3) is 6.64. The molecule has 0 saturated heterocycles. The second-order valence-electron chi connectivity index (χ2n) is 5.46. The van der Waals surface area contributed by atoms with Crippen LogP contribution in [0.15, 0.2) is 24.3 Å². The molecule has 0 radical (unpaired) electrons. The van der Waals surface area contributed by atoms with E-state index in [9.17, 15) is 0 Å². The largest absolute Gasteiger partial charge is 0.491 e. The van der Waals surface area contributed by atoms with Crippen LogP contribution in [0.5, 0.6) is 5.75 Å². The van der Waals surface area contributed by atoms with Gasteiger partial charge in [-0.2, -0.15) is 11.8 Å². The van der Waals surface area contributed by atoms with Crippen LogP contribution in [0, 0.1) is 0 Å². The number of hydrogen-bond acceptors (Lipinski definition) is 4. The number of thioether (sulfide) groups is 1. The standard InChI is InChI=1S/C16H28N2OS/c1-13(2)19-15-8-6-14(7-9-15)16(17-3)12-20-11-10-18(4)5/h6-9,13,16-17H,10-12H2,1-5H3. The Balaban J connectivity index is 2.48. The molecule has 1 aromatic carbocycles. The van der Waals surface area contributed by atoms with Crippen molar-refractivity contribution in [3.05, 3.63) is 29.8 Å². The molecular weight excluding hydrogens is 268 g/mol. The minimum Gasteiger partial charge on any atom is -0.491 e. The average molecular weight is 296 g/mol. The summed E-state index contributed by atoms with van der Waals surface area (Å²) in [7, 11) is 6.25. The normalized spacial score (nSPS) is 12.9. The summed E-state index contributed by atoms with van der Waals surface area (Å²) in [5.41, 5.74) is 1.32. The van der Waals surface area contributed by atoms with Crippen LogP contribution in [0.25, 0.3) is 0 Å². The van der Waals surface area contributed by atoms with Gasteiger partial charge in [0.1, 0.15) is 5.75 Å². The highest BCUT2D eigenvalue weighted by Gasteiger charge is 2.09. The molecule has 0 fully saturated rings. The molecule has 0 aliphatic heterocycles. The lowest BCUT2D eigenvalue weighted by Crippen LogP contribution is -2.20. The highest BCUT2D eigenvalue weighted by molar-refractivity contribution is 7.99. The Kier molecular flexibility index (Phi) is 8.04. The first kappa shape index (κ1) is 17.3. The lowest BCUT2D eigenvalue weighted by atomic mass is 10.1. The van der Waals surface area contributed by atoms with Crippen LogP contribution in [-0.2, 0) is 0 Å². The van der Waals surface area contributed by atoms with Gasteiger partial charge in [0.05, 0.1) is 6.10 Å². The van der Waals surface area contributed by atoms with Crippen molar-refractivity contribution in [2.75, 3.05) is 39.2 Å². The Bertz CT molecular complexity index is 365. The third-order valence-corrected chi connectivity index (χ3v) is 4.01. The van der Waals surface area contributed by atoms with Gasteiger partial charge in [0.25, 0.3) is 0 Å². The molecule has 1 N–H and O–H groups in total. The van der Waals surface area contributed by atoms with E-state index in [1.807, 2.05) is 32.7 Å². The van der Waals surface area contributed by atoms with Gasteiger partial charge in [-0.05, 0) is 52.7 Å². The molecule has 0 aliphatic carbocycles. The van der Waals surface area contributed by atoms with Gasteiger partial charge in [-0.3, -0.25) is 0 Å². The minimum atomic E-state index is 0.225. The second kappa shape index (κ2) is 9.27. The van der Waals surface area contributed by atoms with Crippen molar-refractivity contribution < 1.29 is 4.74 Å². The highest BCUT2D eigenvalue weighted by atomic mass is 32.2. The van der Waals surface area contributed by atoms with Gasteiger partial charge in [-0.1, -0.05) is 12.1 Å². The summed E-state index contributed by atoms with van der Waals surface area (Å²) in [6.07, 6.45) is 0.225. The van der Waals surface area contributed by atoms with Crippen molar-refractivity contribution in [1.29, 1.82) is 0 Å². The smallest absolute Gasteiger partial charge is 0.119 e. The van der Waals surface area contributed by atoms with Crippen LogP contribution in [-0.4, -0.2) is 50.2 Å². The monoisotopic (exact) mass is 296 g/mol. The first-order valence-corrected chi connectivity index (χ1v) is 8.34. The number of nitrogens with one attached hydrogen (secondary N) is 1. The van der Waals surface area contributed by atoms with E-state index >= 15 is 0 Å². The zero-order valence-corrected chi connectivity index (χ0v) is 14.2. The van der Waals surface area contributed by atoms with Gasteiger partial charge in [-0.25, -0.2) is 0 Å². The second-order valence-corrected chi connectivity index (χ2v) is 6.60. The van der Waals surface area contributed by atoms with Crippen LogP contribution >= 0.6 is 11.8 Å². The van der Waals surface area contributed by atoms with Crippen molar-refractivity contribution in [3.8, 4) is 5.75 Å². The highest BCUT2D eigenvalue weighted by Crippen LogP contribution is 2.21. The lowest BCUT2D eigenvalue weighted by Gasteiger charge is -2.18. The van der Waals surface area contributed by atoms with Gasteiger partial charge < -0.3 is 15.0 Å². The van der Waals surface area contributed by atoms with Crippen molar-refractivity contribution >= 4 is 11.8 Å². The predicted octanol–water partition coefficient (Wildman–Crippen LogP) is 3.03. The molecule has 0 saturated carbocycles. The fourth-order valence-electron chi connectivity index (χ4n) is 1.85. The van der Waals surface area contributed by atoms with Crippen LogP contribution in [0.4, 0.5) is 0 Å². The molecular formula is C16H28N2OS. The van der Waals surface area contributed by atoms with Gasteiger partial charge >= 0.3 is 0 Å².